The zero-order valence-electron chi connectivity index (χ0n) is 18.0. The second-order valence-electron chi connectivity index (χ2n) is 7.69. The number of anilines is 1. The third-order valence-corrected chi connectivity index (χ3v) is 7.04. The summed E-state index contributed by atoms with van der Waals surface area (Å²) in [5, 5.41) is -0.0372. The lowest BCUT2D eigenvalue weighted by Crippen LogP contribution is -2.44. The van der Waals surface area contributed by atoms with Gasteiger partial charge in [0.25, 0.3) is 0 Å². The maximum absolute atomic E-state index is 13.5. The number of benzene rings is 2. The van der Waals surface area contributed by atoms with Crippen molar-refractivity contribution in [2.75, 3.05) is 44.7 Å². The van der Waals surface area contributed by atoms with Gasteiger partial charge in [-0.3, -0.25) is 0 Å². The van der Waals surface area contributed by atoms with Crippen molar-refractivity contribution < 1.29 is 17.6 Å². The molecule has 0 N–H and O–H groups in total. The number of oxazole rings is 1. The Bertz CT molecular complexity index is 1130. The second kappa shape index (κ2) is 8.72. The zero-order valence-corrected chi connectivity index (χ0v) is 18.9. The fraction of sp³-hybridized carbons (Fsp3) is 0.348. The Morgan fingerprint density at radius 3 is 2.26 bits per heavy atom. The average Bonchev–Trinajstić information content (AvgIpc) is 3.22. The SMILES string of the molecule is CCOc1ccc(-c2nc(S(=O)(=O)c3ccc(C)cc3)c(N3CCN(C)CC3)o2)cc1. The maximum Gasteiger partial charge on any atom is 0.236 e. The van der Waals surface area contributed by atoms with Gasteiger partial charge in [0, 0.05) is 31.7 Å². The molecule has 0 spiro atoms. The number of aromatic nitrogens is 1. The van der Waals surface area contributed by atoms with Gasteiger partial charge in [-0.15, -0.1) is 0 Å². The van der Waals surface area contributed by atoms with Crippen molar-refractivity contribution in [3.63, 3.8) is 0 Å². The summed E-state index contributed by atoms with van der Waals surface area (Å²) >= 11 is 0. The van der Waals surface area contributed by atoms with Crippen LogP contribution in [0.5, 0.6) is 5.75 Å². The van der Waals surface area contributed by atoms with E-state index in [-0.39, 0.29) is 15.8 Å². The van der Waals surface area contributed by atoms with E-state index in [4.69, 9.17) is 9.15 Å². The van der Waals surface area contributed by atoms with E-state index in [0.29, 0.717) is 31.1 Å². The molecule has 0 saturated carbocycles. The lowest BCUT2D eigenvalue weighted by Gasteiger charge is -2.32. The van der Waals surface area contributed by atoms with Gasteiger partial charge >= 0.3 is 0 Å². The van der Waals surface area contributed by atoms with Gasteiger partial charge in [-0.05, 0) is 57.3 Å². The van der Waals surface area contributed by atoms with Crippen molar-refractivity contribution in [2.45, 2.75) is 23.8 Å². The number of rotatable bonds is 6. The summed E-state index contributed by atoms with van der Waals surface area (Å²) in [6.45, 7) is 7.41. The fourth-order valence-corrected chi connectivity index (χ4v) is 4.82. The second-order valence-corrected chi connectivity index (χ2v) is 9.56. The normalized spacial score (nSPS) is 15.3. The first-order valence-electron chi connectivity index (χ1n) is 10.4. The Morgan fingerprint density at radius 2 is 1.65 bits per heavy atom. The molecule has 2 aromatic carbocycles. The zero-order chi connectivity index (χ0) is 22.0. The third-order valence-electron chi connectivity index (χ3n) is 5.37. The number of aryl methyl sites for hydroxylation is 1. The molecule has 3 aromatic rings. The summed E-state index contributed by atoms with van der Waals surface area (Å²) in [6, 6.07) is 14.1. The number of hydrogen-bond donors (Lipinski definition) is 0. The summed E-state index contributed by atoms with van der Waals surface area (Å²) in [4.78, 5) is 8.85. The van der Waals surface area contributed by atoms with Gasteiger partial charge in [0.15, 0.2) is 0 Å². The van der Waals surface area contributed by atoms with Crippen molar-refractivity contribution in [3.05, 3.63) is 54.1 Å². The molecule has 0 bridgehead atoms. The van der Waals surface area contributed by atoms with E-state index >= 15 is 0 Å². The number of nitrogens with zero attached hydrogens (tertiary/aromatic N) is 3. The van der Waals surface area contributed by atoms with Crippen molar-refractivity contribution in [3.8, 4) is 17.2 Å². The molecule has 1 aromatic heterocycles. The number of likely N-dealkylation sites (N-methyl/N-ethyl adjacent to an activating group) is 1. The van der Waals surface area contributed by atoms with Gasteiger partial charge in [-0.2, -0.15) is 4.98 Å². The highest BCUT2D eigenvalue weighted by atomic mass is 32.2. The van der Waals surface area contributed by atoms with E-state index in [1.807, 2.05) is 50.1 Å². The molecule has 0 atom stereocenters. The summed E-state index contributed by atoms with van der Waals surface area (Å²) in [5.41, 5.74) is 1.69. The van der Waals surface area contributed by atoms with Crippen molar-refractivity contribution in [1.29, 1.82) is 0 Å². The van der Waals surface area contributed by atoms with Crippen molar-refractivity contribution in [1.82, 2.24) is 9.88 Å². The van der Waals surface area contributed by atoms with E-state index in [9.17, 15) is 8.42 Å². The highest BCUT2D eigenvalue weighted by molar-refractivity contribution is 7.91. The molecule has 4 rings (SSSR count). The minimum atomic E-state index is -3.84. The van der Waals surface area contributed by atoms with Gasteiger partial charge in [0.05, 0.1) is 11.5 Å². The van der Waals surface area contributed by atoms with Crippen LogP contribution in [0.3, 0.4) is 0 Å². The predicted molar refractivity (Wildman–Crippen MR) is 119 cm³/mol. The Labute approximate surface area is 183 Å². The Morgan fingerprint density at radius 1 is 1.00 bits per heavy atom. The summed E-state index contributed by atoms with van der Waals surface area (Å²) in [7, 11) is -1.79. The van der Waals surface area contributed by atoms with Gasteiger partial charge in [-0.25, -0.2) is 8.42 Å². The summed E-state index contributed by atoms with van der Waals surface area (Å²) < 4.78 is 38.5. The first-order chi connectivity index (χ1) is 14.9. The van der Waals surface area contributed by atoms with E-state index < -0.39 is 9.84 Å². The van der Waals surface area contributed by atoms with E-state index in [2.05, 4.69) is 9.88 Å². The standard InChI is InChI=1S/C23H27N3O4S/c1-4-29-19-9-7-18(8-10-19)21-24-22(23(30-21)26-15-13-25(3)14-16-26)31(27,28)20-11-5-17(2)6-12-20/h5-12H,4,13-16H2,1-3H3. The van der Waals surface area contributed by atoms with Crippen LogP contribution in [0.4, 0.5) is 5.88 Å². The highest BCUT2D eigenvalue weighted by Gasteiger charge is 2.32. The monoisotopic (exact) mass is 441 g/mol. The number of piperazine rings is 1. The molecule has 1 aliphatic rings. The van der Waals surface area contributed by atoms with Crippen LogP contribution in [0.15, 0.2) is 62.9 Å². The molecule has 0 amide bonds. The van der Waals surface area contributed by atoms with E-state index in [1.165, 1.54) is 0 Å². The minimum Gasteiger partial charge on any atom is -0.494 e. The van der Waals surface area contributed by atoms with E-state index in [1.54, 1.807) is 24.3 Å². The fourth-order valence-electron chi connectivity index (χ4n) is 3.50. The van der Waals surface area contributed by atoms with Gasteiger partial charge in [0.2, 0.25) is 26.6 Å². The molecule has 7 nitrogen and oxygen atoms in total. The van der Waals surface area contributed by atoms with Crippen LogP contribution in [0.2, 0.25) is 0 Å². The molecule has 1 fully saturated rings. The minimum absolute atomic E-state index is 0.0372. The number of ether oxygens (including phenoxy) is 1. The molecule has 164 valence electrons. The van der Waals surface area contributed by atoms with Crippen LogP contribution >= 0.6 is 0 Å². The molecule has 2 heterocycles. The molecular weight excluding hydrogens is 414 g/mol. The molecule has 1 saturated heterocycles. The Kier molecular flexibility index (Phi) is 6.02. The lowest BCUT2D eigenvalue weighted by molar-refractivity contribution is 0.305. The predicted octanol–water partition coefficient (Wildman–Crippen LogP) is 3.63. The average molecular weight is 442 g/mol. The van der Waals surface area contributed by atoms with Crippen LogP contribution in [0.1, 0.15) is 12.5 Å². The third kappa shape index (κ3) is 4.45. The Balaban J connectivity index is 1.77. The van der Waals surface area contributed by atoms with Gasteiger partial charge in [0.1, 0.15) is 5.75 Å². The highest BCUT2D eigenvalue weighted by Crippen LogP contribution is 2.35. The molecule has 31 heavy (non-hydrogen) atoms. The van der Waals surface area contributed by atoms with Crippen LogP contribution in [0, 0.1) is 6.92 Å². The van der Waals surface area contributed by atoms with E-state index in [0.717, 1.165) is 24.4 Å². The number of sulfone groups is 1. The molecule has 0 radical (unpaired) electrons. The largest absolute Gasteiger partial charge is 0.494 e. The molecule has 0 unspecified atom stereocenters. The van der Waals surface area contributed by atoms with Crippen LogP contribution < -0.4 is 9.64 Å². The quantitative estimate of drug-likeness (QED) is 0.578. The molecule has 1 aliphatic heterocycles. The van der Waals surface area contributed by atoms with Crippen LogP contribution in [-0.4, -0.2) is 58.1 Å². The lowest BCUT2D eigenvalue weighted by atomic mass is 10.2. The maximum atomic E-state index is 13.5. The van der Waals surface area contributed by atoms with Gasteiger partial charge < -0.3 is 19.0 Å². The molecule has 8 heteroatoms. The summed E-state index contributed by atoms with van der Waals surface area (Å²) in [5.74, 6) is 1.32. The molecule has 0 aliphatic carbocycles. The first-order valence-corrected chi connectivity index (χ1v) is 11.9. The Hall–Kier alpha value is -2.84. The summed E-state index contributed by atoms with van der Waals surface area (Å²) in [6.07, 6.45) is 0. The van der Waals surface area contributed by atoms with Gasteiger partial charge in [-0.1, -0.05) is 17.7 Å². The van der Waals surface area contributed by atoms with Crippen LogP contribution in [0.25, 0.3) is 11.5 Å². The van der Waals surface area contributed by atoms with Crippen LogP contribution in [-0.2, 0) is 9.84 Å². The van der Waals surface area contributed by atoms with Crippen molar-refractivity contribution >= 4 is 15.7 Å². The smallest absolute Gasteiger partial charge is 0.236 e. The topological polar surface area (TPSA) is 75.9 Å². The molecular formula is C23H27N3O4S. The first kappa shape index (κ1) is 21.4. The number of hydrogen-bond acceptors (Lipinski definition) is 7. The van der Waals surface area contributed by atoms with Crippen molar-refractivity contribution in [2.24, 2.45) is 0 Å².